The molecule has 0 bridgehead atoms. The van der Waals surface area contributed by atoms with Crippen molar-refractivity contribution in [2.45, 2.75) is 32.2 Å². The lowest BCUT2D eigenvalue weighted by Gasteiger charge is -2.32. The van der Waals surface area contributed by atoms with Crippen LogP contribution in [0.2, 0.25) is 12.6 Å². The topological polar surface area (TPSA) is 47.3 Å². The fraction of sp³-hybridized carbons (Fsp3) is 0.545. The average Bonchev–Trinajstić information content (AvgIpc) is 3.04. The summed E-state index contributed by atoms with van der Waals surface area (Å²) in [6.07, 6.45) is 6.69. The lowest BCUT2D eigenvalue weighted by Crippen LogP contribution is -2.38. The molecular formula is C11H15BN2O. The molecule has 2 heterocycles. The molecular weight excluding hydrogens is 187 g/mol. The minimum Gasteiger partial charge on any atom is -0.370 e. The Bertz CT molecular complexity index is 352. The van der Waals surface area contributed by atoms with Gasteiger partial charge in [-0.25, -0.2) is 0 Å². The molecule has 78 valence electrons. The Balaban J connectivity index is 2.22. The second-order valence-corrected chi connectivity index (χ2v) is 4.14. The van der Waals surface area contributed by atoms with Crippen molar-refractivity contribution in [2.75, 3.05) is 6.54 Å². The molecule has 0 saturated carbocycles. The Labute approximate surface area is 90.8 Å². The van der Waals surface area contributed by atoms with Gasteiger partial charge in [0.15, 0.2) is 6.71 Å². The zero-order chi connectivity index (χ0) is 10.8. The molecule has 0 aliphatic carbocycles. The van der Waals surface area contributed by atoms with Crippen LogP contribution >= 0.6 is 0 Å². The van der Waals surface area contributed by atoms with Gasteiger partial charge >= 0.3 is 0 Å². The molecule has 4 heteroatoms. The van der Waals surface area contributed by atoms with E-state index < -0.39 is 6.23 Å². The summed E-state index contributed by atoms with van der Waals surface area (Å²) in [4.78, 5) is 1.80. The lowest BCUT2D eigenvalue weighted by molar-refractivity contribution is 0.0817. The molecule has 1 fully saturated rings. The molecule has 0 spiro atoms. The summed E-state index contributed by atoms with van der Waals surface area (Å²) in [6.45, 7) is 2.93. The minimum absolute atomic E-state index is 0.275. The Morgan fingerprint density at radius 1 is 1.67 bits per heavy atom. The number of aliphatic hydroxyl groups is 1. The Morgan fingerprint density at radius 2 is 2.40 bits per heavy atom. The summed E-state index contributed by atoms with van der Waals surface area (Å²) < 4.78 is 0. The standard InChI is InChI=1S/C11H15BN2O/c1-2-9-7-10(12-3-4-12)14(6-5-13)11(15)8-9/h7-8,11,15H,2-4,6H2,1H3. The average molecular weight is 202 g/mol. The SMILES string of the molecule is CCC1=CC(O)N(CC#N)C(B2CC2)=C1. The zero-order valence-electron chi connectivity index (χ0n) is 8.98. The molecule has 0 radical (unpaired) electrons. The van der Waals surface area contributed by atoms with E-state index in [4.69, 9.17) is 5.26 Å². The van der Waals surface area contributed by atoms with Gasteiger partial charge in [0.1, 0.15) is 12.8 Å². The highest BCUT2D eigenvalue weighted by molar-refractivity contribution is 6.76. The van der Waals surface area contributed by atoms with Crippen LogP contribution in [0, 0.1) is 11.3 Å². The first kappa shape index (κ1) is 10.3. The summed E-state index contributed by atoms with van der Waals surface area (Å²) in [6, 6.07) is 2.11. The molecule has 0 amide bonds. The molecule has 1 saturated heterocycles. The molecule has 2 rings (SSSR count). The van der Waals surface area contributed by atoms with E-state index in [-0.39, 0.29) is 6.54 Å². The van der Waals surface area contributed by atoms with Crippen LogP contribution in [0.4, 0.5) is 0 Å². The highest BCUT2D eigenvalue weighted by Crippen LogP contribution is 2.34. The molecule has 2 aliphatic heterocycles. The molecule has 0 aromatic carbocycles. The Morgan fingerprint density at radius 3 is 2.93 bits per heavy atom. The number of rotatable bonds is 3. The molecule has 1 N–H and O–H groups in total. The van der Waals surface area contributed by atoms with Gasteiger partial charge in [0.25, 0.3) is 0 Å². The van der Waals surface area contributed by atoms with E-state index in [0.29, 0.717) is 6.71 Å². The van der Waals surface area contributed by atoms with Crippen molar-refractivity contribution in [1.82, 2.24) is 4.90 Å². The van der Waals surface area contributed by atoms with E-state index in [1.165, 1.54) is 18.2 Å². The molecule has 0 aromatic heterocycles. The second kappa shape index (κ2) is 4.12. The highest BCUT2D eigenvalue weighted by Gasteiger charge is 2.36. The van der Waals surface area contributed by atoms with Crippen LogP contribution in [0.15, 0.2) is 23.3 Å². The highest BCUT2D eigenvalue weighted by atomic mass is 16.3. The van der Waals surface area contributed by atoms with E-state index >= 15 is 0 Å². The van der Waals surface area contributed by atoms with Crippen LogP contribution in [0.5, 0.6) is 0 Å². The van der Waals surface area contributed by atoms with Crippen molar-refractivity contribution >= 4 is 6.71 Å². The maximum atomic E-state index is 9.91. The van der Waals surface area contributed by atoms with Crippen molar-refractivity contribution in [3.8, 4) is 6.07 Å². The van der Waals surface area contributed by atoms with Crippen molar-refractivity contribution in [1.29, 1.82) is 5.26 Å². The molecule has 2 aliphatic rings. The van der Waals surface area contributed by atoms with E-state index in [1.54, 1.807) is 4.90 Å². The zero-order valence-corrected chi connectivity index (χ0v) is 8.98. The summed E-state index contributed by atoms with van der Waals surface area (Å²) in [7, 11) is 0. The maximum Gasteiger partial charge on any atom is 0.195 e. The van der Waals surface area contributed by atoms with Gasteiger partial charge in [-0.05, 0) is 29.7 Å². The van der Waals surface area contributed by atoms with Gasteiger partial charge in [-0.1, -0.05) is 19.6 Å². The van der Waals surface area contributed by atoms with Crippen molar-refractivity contribution < 1.29 is 5.11 Å². The molecule has 1 atom stereocenters. The Hall–Kier alpha value is -1.21. The number of aliphatic hydroxyl groups excluding tert-OH is 1. The number of hydrogen-bond acceptors (Lipinski definition) is 3. The molecule has 3 nitrogen and oxygen atoms in total. The van der Waals surface area contributed by atoms with E-state index in [2.05, 4.69) is 19.1 Å². The fourth-order valence-corrected chi connectivity index (χ4v) is 1.97. The normalized spacial score (nSPS) is 24.5. The monoisotopic (exact) mass is 202 g/mol. The van der Waals surface area contributed by atoms with E-state index in [9.17, 15) is 5.11 Å². The predicted octanol–water partition coefficient (Wildman–Crippen LogP) is 1.41. The van der Waals surface area contributed by atoms with Gasteiger partial charge in [-0.15, -0.1) is 0 Å². The summed E-state index contributed by atoms with van der Waals surface area (Å²) in [5, 5.41) is 18.6. The first-order valence-electron chi connectivity index (χ1n) is 5.50. The number of allylic oxidation sites excluding steroid dienone is 2. The van der Waals surface area contributed by atoms with Crippen LogP contribution in [0.1, 0.15) is 13.3 Å². The predicted molar refractivity (Wildman–Crippen MR) is 60.2 cm³/mol. The summed E-state index contributed by atoms with van der Waals surface area (Å²) in [5.74, 6) is 0. The number of hydrogen-bond donors (Lipinski definition) is 1. The van der Waals surface area contributed by atoms with Gasteiger partial charge in [-0.2, -0.15) is 5.26 Å². The van der Waals surface area contributed by atoms with Crippen LogP contribution < -0.4 is 0 Å². The van der Waals surface area contributed by atoms with Gasteiger partial charge in [-0.3, -0.25) is 0 Å². The first-order chi connectivity index (χ1) is 7.26. The third-order valence-corrected chi connectivity index (χ3v) is 2.99. The molecule has 0 aromatic rings. The van der Waals surface area contributed by atoms with Gasteiger partial charge in [0, 0.05) is 0 Å². The fourth-order valence-electron chi connectivity index (χ4n) is 1.97. The maximum absolute atomic E-state index is 9.91. The third kappa shape index (κ3) is 2.08. The molecule has 15 heavy (non-hydrogen) atoms. The van der Waals surface area contributed by atoms with Crippen LogP contribution in [-0.4, -0.2) is 29.5 Å². The largest absolute Gasteiger partial charge is 0.370 e. The second-order valence-electron chi connectivity index (χ2n) is 4.14. The van der Waals surface area contributed by atoms with Crippen molar-refractivity contribution in [3.05, 3.63) is 23.3 Å². The number of nitriles is 1. The lowest BCUT2D eigenvalue weighted by atomic mass is 9.65. The first-order valence-corrected chi connectivity index (χ1v) is 5.50. The minimum atomic E-state index is -0.611. The van der Waals surface area contributed by atoms with Gasteiger partial charge < -0.3 is 10.0 Å². The van der Waals surface area contributed by atoms with Crippen LogP contribution in [-0.2, 0) is 0 Å². The van der Waals surface area contributed by atoms with E-state index in [1.807, 2.05) is 6.08 Å². The van der Waals surface area contributed by atoms with Crippen LogP contribution in [0.25, 0.3) is 0 Å². The van der Waals surface area contributed by atoms with E-state index in [0.717, 1.165) is 12.0 Å². The summed E-state index contributed by atoms with van der Waals surface area (Å²) in [5.41, 5.74) is 2.34. The Kier molecular flexibility index (Phi) is 2.83. The summed E-state index contributed by atoms with van der Waals surface area (Å²) >= 11 is 0. The molecule has 1 unspecified atom stereocenters. The van der Waals surface area contributed by atoms with Crippen molar-refractivity contribution in [3.63, 3.8) is 0 Å². The third-order valence-electron chi connectivity index (χ3n) is 2.99. The van der Waals surface area contributed by atoms with Crippen molar-refractivity contribution in [2.24, 2.45) is 0 Å². The quantitative estimate of drug-likeness (QED) is 0.556. The van der Waals surface area contributed by atoms with Gasteiger partial charge in [0.2, 0.25) is 0 Å². The smallest absolute Gasteiger partial charge is 0.195 e. The van der Waals surface area contributed by atoms with Gasteiger partial charge in [0.05, 0.1) is 6.07 Å². The van der Waals surface area contributed by atoms with Crippen LogP contribution in [0.3, 0.4) is 0 Å². The number of nitrogens with zero attached hydrogens (tertiary/aromatic N) is 2.